The summed E-state index contributed by atoms with van der Waals surface area (Å²) < 4.78 is 27.4. The number of fused-ring (bicyclic) bond motifs is 1. The summed E-state index contributed by atoms with van der Waals surface area (Å²) in [5.74, 6) is -0.229. The van der Waals surface area contributed by atoms with Crippen molar-refractivity contribution in [1.82, 2.24) is 4.98 Å². The van der Waals surface area contributed by atoms with Crippen molar-refractivity contribution in [1.29, 1.82) is 0 Å². The van der Waals surface area contributed by atoms with Gasteiger partial charge in [-0.05, 0) is 29.5 Å². The fraction of sp³-hybridized carbons (Fsp3) is 0.136. The number of H-pyrrole nitrogens is 1. The number of nitrogens with zero attached hydrogens (tertiary/aromatic N) is 1. The molecule has 1 aliphatic heterocycles. The highest BCUT2D eigenvalue weighted by molar-refractivity contribution is 7.93. The van der Waals surface area contributed by atoms with E-state index in [9.17, 15) is 13.2 Å². The fourth-order valence-corrected chi connectivity index (χ4v) is 5.75. The first-order valence-corrected chi connectivity index (χ1v) is 10.6. The number of rotatable bonds is 4. The van der Waals surface area contributed by atoms with E-state index in [1.54, 1.807) is 24.4 Å². The quantitative estimate of drug-likeness (QED) is 0.529. The number of benzene rings is 3. The third kappa shape index (κ3) is 2.24. The van der Waals surface area contributed by atoms with Gasteiger partial charge in [0.15, 0.2) is 5.78 Å². The summed E-state index contributed by atoms with van der Waals surface area (Å²) in [6.07, 6.45) is 2.53. The number of aromatic nitrogens is 1. The molecule has 0 bridgehead atoms. The zero-order valence-corrected chi connectivity index (χ0v) is 16.1. The van der Waals surface area contributed by atoms with Crippen molar-refractivity contribution in [2.45, 2.75) is 18.2 Å². The predicted molar refractivity (Wildman–Crippen MR) is 110 cm³/mol. The maximum Gasteiger partial charge on any atom is 0.265 e. The molecular formula is C22H18N2O3S. The summed E-state index contributed by atoms with van der Waals surface area (Å²) in [6, 6.07) is 16.5. The van der Waals surface area contributed by atoms with E-state index in [1.165, 1.54) is 4.31 Å². The molecule has 1 aliphatic rings. The van der Waals surface area contributed by atoms with Crippen LogP contribution in [-0.4, -0.2) is 25.7 Å². The van der Waals surface area contributed by atoms with E-state index in [1.807, 2.05) is 36.4 Å². The van der Waals surface area contributed by atoms with Gasteiger partial charge >= 0.3 is 0 Å². The second kappa shape index (κ2) is 5.94. The molecule has 0 unspecified atom stereocenters. The molecule has 0 fully saturated rings. The first kappa shape index (κ1) is 17.0. The lowest BCUT2D eigenvalue weighted by Gasteiger charge is -2.17. The topological polar surface area (TPSA) is 70.2 Å². The monoisotopic (exact) mass is 390 g/mol. The highest BCUT2D eigenvalue weighted by Gasteiger charge is 2.37. The zero-order chi connectivity index (χ0) is 19.5. The minimum atomic E-state index is -3.75. The molecule has 0 amide bonds. The van der Waals surface area contributed by atoms with Crippen molar-refractivity contribution in [2.24, 2.45) is 0 Å². The molecule has 3 aromatic carbocycles. The van der Waals surface area contributed by atoms with Crippen LogP contribution in [0.5, 0.6) is 0 Å². The number of ketones is 1. The molecule has 0 aliphatic carbocycles. The van der Waals surface area contributed by atoms with Gasteiger partial charge in [-0.15, -0.1) is 0 Å². The fourth-order valence-electron chi connectivity index (χ4n) is 4.09. The summed E-state index contributed by atoms with van der Waals surface area (Å²) in [4.78, 5) is 16.6. The number of hydrogen-bond donors (Lipinski definition) is 1. The van der Waals surface area contributed by atoms with Gasteiger partial charge in [-0.25, -0.2) is 8.42 Å². The van der Waals surface area contributed by atoms with Crippen molar-refractivity contribution in [3.8, 4) is 0 Å². The van der Waals surface area contributed by atoms with Gasteiger partial charge in [-0.3, -0.25) is 9.10 Å². The lowest BCUT2D eigenvalue weighted by atomic mass is 10.0. The summed E-state index contributed by atoms with van der Waals surface area (Å²) in [6.45, 7) is 1.84. The Hall–Kier alpha value is -3.12. The standard InChI is InChI=1S/C22H18N2O3S/c1-2-14-6-3-9-16-17(12-23-22(14)16)19(25)13-24-18-10-4-7-15-8-5-11-20(21(15)18)28(24,26)27/h3-12,23H,2,13H2,1H3. The number of carbonyl (C=O) groups is 1. The number of para-hydroxylation sites is 1. The second-order valence-electron chi connectivity index (χ2n) is 6.96. The molecular weight excluding hydrogens is 372 g/mol. The van der Waals surface area contributed by atoms with Crippen LogP contribution in [0.2, 0.25) is 0 Å². The molecule has 0 saturated heterocycles. The molecule has 5 nitrogen and oxygen atoms in total. The SMILES string of the molecule is CCc1cccc2c(C(=O)CN3c4cccc5cccc(c45)S3(=O)=O)c[nH]c12. The molecule has 1 N–H and O–H groups in total. The maximum atomic E-state index is 13.1. The minimum absolute atomic E-state index is 0.223. The van der Waals surface area contributed by atoms with Gasteiger partial charge in [0, 0.05) is 28.0 Å². The summed E-state index contributed by atoms with van der Waals surface area (Å²) >= 11 is 0. The molecule has 0 saturated carbocycles. The molecule has 5 rings (SSSR count). The van der Waals surface area contributed by atoms with Crippen molar-refractivity contribution in [3.63, 3.8) is 0 Å². The van der Waals surface area contributed by atoms with E-state index in [0.29, 0.717) is 16.6 Å². The first-order valence-electron chi connectivity index (χ1n) is 9.19. The summed E-state index contributed by atoms with van der Waals surface area (Å²) in [5, 5.41) is 2.37. The molecule has 4 aromatic rings. The van der Waals surface area contributed by atoms with Crippen LogP contribution in [0.15, 0.2) is 65.7 Å². The smallest absolute Gasteiger partial charge is 0.265 e. The minimum Gasteiger partial charge on any atom is -0.360 e. The molecule has 140 valence electrons. The Morgan fingerprint density at radius 2 is 1.79 bits per heavy atom. The van der Waals surface area contributed by atoms with Gasteiger partial charge in [-0.2, -0.15) is 0 Å². The number of aromatic amines is 1. The van der Waals surface area contributed by atoms with Crippen molar-refractivity contribution >= 4 is 43.2 Å². The highest BCUT2D eigenvalue weighted by Crippen LogP contribution is 2.42. The number of sulfonamides is 1. The van der Waals surface area contributed by atoms with Gasteiger partial charge < -0.3 is 4.98 Å². The predicted octanol–water partition coefficient (Wildman–Crippen LogP) is 4.28. The largest absolute Gasteiger partial charge is 0.360 e. The Labute approximate surface area is 162 Å². The molecule has 1 aromatic heterocycles. The van der Waals surface area contributed by atoms with Crippen LogP contribution in [0.1, 0.15) is 22.8 Å². The van der Waals surface area contributed by atoms with Crippen LogP contribution in [0.3, 0.4) is 0 Å². The average molecular weight is 390 g/mol. The Kier molecular flexibility index (Phi) is 3.61. The average Bonchev–Trinajstić information content (AvgIpc) is 3.23. The normalized spacial score (nSPS) is 14.8. The number of hydrogen-bond acceptors (Lipinski definition) is 3. The van der Waals surface area contributed by atoms with E-state index in [2.05, 4.69) is 11.9 Å². The van der Waals surface area contributed by atoms with Crippen molar-refractivity contribution in [3.05, 3.63) is 71.9 Å². The van der Waals surface area contributed by atoms with Crippen LogP contribution in [0, 0.1) is 0 Å². The molecule has 0 radical (unpaired) electrons. The third-order valence-electron chi connectivity index (χ3n) is 5.45. The Morgan fingerprint density at radius 1 is 1.04 bits per heavy atom. The Morgan fingerprint density at radius 3 is 2.57 bits per heavy atom. The van der Waals surface area contributed by atoms with Crippen LogP contribution in [0.4, 0.5) is 5.69 Å². The zero-order valence-electron chi connectivity index (χ0n) is 15.3. The van der Waals surface area contributed by atoms with Crippen molar-refractivity contribution < 1.29 is 13.2 Å². The first-order chi connectivity index (χ1) is 13.5. The van der Waals surface area contributed by atoms with E-state index in [0.717, 1.165) is 28.3 Å². The summed E-state index contributed by atoms with van der Waals surface area (Å²) in [7, 11) is -3.75. The maximum absolute atomic E-state index is 13.1. The van der Waals surface area contributed by atoms with E-state index >= 15 is 0 Å². The van der Waals surface area contributed by atoms with E-state index in [4.69, 9.17) is 0 Å². The number of nitrogens with one attached hydrogen (secondary N) is 1. The molecule has 2 heterocycles. The Bertz CT molecular complexity index is 1360. The Balaban J connectivity index is 1.59. The third-order valence-corrected chi connectivity index (χ3v) is 7.25. The van der Waals surface area contributed by atoms with Crippen LogP contribution < -0.4 is 4.31 Å². The van der Waals surface area contributed by atoms with Gasteiger partial charge in [0.25, 0.3) is 10.0 Å². The molecule has 28 heavy (non-hydrogen) atoms. The summed E-state index contributed by atoms with van der Waals surface area (Å²) in [5.41, 5.74) is 3.14. The van der Waals surface area contributed by atoms with Gasteiger partial charge in [0.2, 0.25) is 0 Å². The second-order valence-corrected chi connectivity index (χ2v) is 8.79. The molecule has 0 spiro atoms. The highest BCUT2D eigenvalue weighted by atomic mass is 32.2. The van der Waals surface area contributed by atoms with Gasteiger partial charge in [-0.1, -0.05) is 49.4 Å². The van der Waals surface area contributed by atoms with Crippen LogP contribution >= 0.6 is 0 Å². The molecule has 0 atom stereocenters. The van der Waals surface area contributed by atoms with Crippen molar-refractivity contribution in [2.75, 3.05) is 10.8 Å². The van der Waals surface area contributed by atoms with E-state index < -0.39 is 10.0 Å². The number of carbonyl (C=O) groups excluding carboxylic acids is 1. The van der Waals surface area contributed by atoms with Crippen LogP contribution in [0.25, 0.3) is 21.7 Å². The lowest BCUT2D eigenvalue weighted by Crippen LogP contribution is -2.32. The van der Waals surface area contributed by atoms with Gasteiger partial charge in [0.1, 0.15) is 0 Å². The van der Waals surface area contributed by atoms with Crippen LogP contribution in [-0.2, 0) is 16.4 Å². The lowest BCUT2D eigenvalue weighted by molar-refractivity contribution is 0.100. The van der Waals surface area contributed by atoms with E-state index in [-0.39, 0.29) is 17.2 Å². The number of aryl methyl sites for hydroxylation is 1. The molecule has 6 heteroatoms. The number of anilines is 1. The number of Topliss-reactive ketones (excluding diaryl/α,β-unsaturated/α-hetero) is 1. The van der Waals surface area contributed by atoms with Gasteiger partial charge in [0.05, 0.1) is 17.1 Å².